The van der Waals surface area contributed by atoms with Crippen molar-refractivity contribution in [3.63, 3.8) is 0 Å². The van der Waals surface area contributed by atoms with Crippen molar-refractivity contribution in [2.45, 2.75) is 341 Å². The van der Waals surface area contributed by atoms with E-state index >= 15 is 0 Å². The van der Waals surface area contributed by atoms with Crippen LogP contribution in [0.3, 0.4) is 0 Å². The third-order valence-electron chi connectivity index (χ3n) is 15.0. The molecule has 0 N–H and O–H groups in total. The summed E-state index contributed by atoms with van der Waals surface area (Å²) in [5.41, 5.74) is 0. The molecule has 1 atom stereocenters. The summed E-state index contributed by atoms with van der Waals surface area (Å²) in [6, 6.07) is 0. The van der Waals surface area contributed by atoms with E-state index in [1.54, 1.807) is 0 Å². The van der Waals surface area contributed by atoms with Crippen LogP contribution in [0, 0.1) is 0 Å². The van der Waals surface area contributed by atoms with Crippen molar-refractivity contribution < 1.29 is 28.6 Å². The number of hydrogen-bond donors (Lipinski definition) is 0. The van der Waals surface area contributed by atoms with E-state index in [4.69, 9.17) is 14.2 Å². The molecule has 82 heavy (non-hydrogen) atoms. The van der Waals surface area contributed by atoms with Gasteiger partial charge in [-0.2, -0.15) is 0 Å². The van der Waals surface area contributed by atoms with Crippen LogP contribution in [0.1, 0.15) is 335 Å². The number of carbonyl (C=O) groups is 3. The Balaban J connectivity index is 4.30. The molecule has 0 saturated carbocycles. The van der Waals surface area contributed by atoms with Crippen LogP contribution in [0.25, 0.3) is 0 Å². The standard InChI is InChI=1S/C76H130O6/c1-4-7-10-13-16-19-22-25-28-31-32-33-34-35-36-37-38-39-40-41-42-43-44-46-48-51-54-57-60-63-66-69-75(78)81-72-73(71-80-74(77)68-65-62-59-56-53-50-47-30-27-24-21-18-15-12-9-6-3)82-76(79)70-67-64-61-58-55-52-49-45-29-26-23-20-17-14-11-8-5-2/h7,10,16,19,21,24-26,28-30,32-33,35-36,38-39,47,73H,4-6,8-9,11-15,17-18,20,22-23,27,31,34,37,40-46,48-72H2,1-3H3/b10-7-,19-16-,24-21-,28-25-,29-26-,33-32-,36-35-,39-38-,47-30-. The van der Waals surface area contributed by atoms with Crippen LogP contribution in [0.15, 0.2) is 109 Å². The van der Waals surface area contributed by atoms with Crippen molar-refractivity contribution in [2.24, 2.45) is 0 Å². The molecule has 0 aromatic rings. The van der Waals surface area contributed by atoms with E-state index in [-0.39, 0.29) is 31.1 Å². The summed E-state index contributed by atoms with van der Waals surface area (Å²) in [5, 5.41) is 0. The Morgan fingerprint density at radius 2 is 0.476 bits per heavy atom. The number of rotatable bonds is 63. The Kier molecular flexibility index (Phi) is 66.2. The number of ether oxygens (including phenoxy) is 3. The van der Waals surface area contributed by atoms with Crippen molar-refractivity contribution >= 4 is 17.9 Å². The third-order valence-corrected chi connectivity index (χ3v) is 15.0. The highest BCUT2D eigenvalue weighted by atomic mass is 16.6. The zero-order chi connectivity index (χ0) is 59.2. The number of esters is 3. The first-order valence-electron chi connectivity index (χ1n) is 34.9. The first kappa shape index (κ1) is 78.1. The highest BCUT2D eigenvalue weighted by molar-refractivity contribution is 5.71. The summed E-state index contributed by atoms with van der Waals surface area (Å²) in [6.07, 6.45) is 95.3. The molecule has 0 bridgehead atoms. The molecule has 0 aliphatic heterocycles. The maximum absolute atomic E-state index is 12.9. The van der Waals surface area contributed by atoms with Crippen LogP contribution in [0.2, 0.25) is 0 Å². The van der Waals surface area contributed by atoms with Gasteiger partial charge >= 0.3 is 17.9 Å². The van der Waals surface area contributed by atoms with Gasteiger partial charge in [0.05, 0.1) is 0 Å². The highest BCUT2D eigenvalue weighted by Crippen LogP contribution is 2.16. The fraction of sp³-hybridized carbons (Fsp3) is 0.724. The van der Waals surface area contributed by atoms with E-state index in [9.17, 15) is 14.4 Å². The minimum atomic E-state index is -0.789. The number of allylic oxidation sites excluding steroid dienone is 18. The predicted molar refractivity (Wildman–Crippen MR) is 357 cm³/mol. The van der Waals surface area contributed by atoms with Gasteiger partial charge in [0.1, 0.15) is 13.2 Å². The van der Waals surface area contributed by atoms with Gasteiger partial charge in [0.2, 0.25) is 0 Å². The average molecular weight is 1140 g/mol. The molecule has 0 aliphatic rings. The normalized spacial score (nSPS) is 12.8. The van der Waals surface area contributed by atoms with Gasteiger partial charge in [-0.25, -0.2) is 0 Å². The SMILES string of the molecule is CC/C=C\C/C=C\C/C=C\C/C=C\C/C=C\C/C=C\CCCCCCCCCCCCCCC(=O)OCC(COC(=O)CCCCCCC/C=C\C/C=C\CCCCCC)OC(=O)CCCCCCCCC/C=C\CCCCCCCC. The Hall–Kier alpha value is -3.93. The zero-order valence-corrected chi connectivity index (χ0v) is 54.0. The van der Waals surface area contributed by atoms with Gasteiger partial charge in [-0.3, -0.25) is 14.4 Å². The van der Waals surface area contributed by atoms with Crippen LogP contribution < -0.4 is 0 Å². The molecule has 0 rings (SSSR count). The Morgan fingerprint density at radius 1 is 0.256 bits per heavy atom. The second-order valence-electron chi connectivity index (χ2n) is 23.1. The largest absolute Gasteiger partial charge is 0.462 e. The lowest BCUT2D eigenvalue weighted by Crippen LogP contribution is -2.30. The zero-order valence-electron chi connectivity index (χ0n) is 54.0. The first-order chi connectivity index (χ1) is 40.5. The molecular formula is C76H130O6. The monoisotopic (exact) mass is 1140 g/mol. The average Bonchev–Trinajstić information content (AvgIpc) is 3.48. The lowest BCUT2D eigenvalue weighted by atomic mass is 10.0. The summed E-state index contributed by atoms with van der Waals surface area (Å²) in [6.45, 7) is 6.52. The molecule has 0 fully saturated rings. The molecule has 470 valence electrons. The van der Waals surface area contributed by atoms with Crippen molar-refractivity contribution in [1.82, 2.24) is 0 Å². The second kappa shape index (κ2) is 69.6. The predicted octanol–water partition coefficient (Wildman–Crippen LogP) is 24.2. The topological polar surface area (TPSA) is 78.9 Å². The maximum Gasteiger partial charge on any atom is 0.306 e. The highest BCUT2D eigenvalue weighted by Gasteiger charge is 2.19. The maximum atomic E-state index is 12.9. The fourth-order valence-electron chi connectivity index (χ4n) is 9.77. The summed E-state index contributed by atoms with van der Waals surface area (Å²) in [4.78, 5) is 38.4. The minimum absolute atomic E-state index is 0.0840. The number of hydrogen-bond acceptors (Lipinski definition) is 6. The molecule has 0 radical (unpaired) electrons. The molecule has 0 amide bonds. The number of unbranched alkanes of at least 4 members (excludes halogenated alkanes) is 34. The first-order valence-corrected chi connectivity index (χ1v) is 34.9. The molecule has 0 heterocycles. The van der Waals surface area contributed by atoms with Crippen LogP contribution in [-0.4, -0.2) is 37.2 Å². The van der Waals surface area contributed by atoms with E-state index < -0.39 is 6.10 Å². The third kappa shape index (κ3) is 66.9. The fourth-order valence-corrected chi connectivity index (χ4v) is 9.77. The van der Waals surface area contributed by atoms with Gasteiger partial charge in [0, 0.05) is 19.3 Å². The van der Waals surface area contributed by atoms with Crippen molar-refractivity contribution in [3.8, 4) is 0 Å². The molecule has 0 aromatic heterocycles. The van der Waals surface area contributed by atoms with Crippen LogP contribution in [0.5, 0.6) is 0 Å². The molecule has 0 spiro atoms. The quantitative estimate of drug-likeness (QED) is 0.0261. The van der Waals surface area contributed by atoms with Gasteiger partial charge in [-0.1, -0.05) is 297 Å². The van der Waals surface area contributed by atoms with Gasteiger partial charge in [-0.05, 0) is 128 Å². The van der Waals surface area contributed by atoms with Crippen molar-refractivity contribution in [2.75, 3.05) is 13.2 Å². The smallest absolute Gasteiger partial charge is 0.306 e. The van der Waals surface area contributed by atoms with E-state index in [0.29, 0.717) is 19.3 Å². The van der Waals surface area contributed by atoms with Gasteiger partial charge in [0.15, 0.2) is 6.10 Å². The molecule has 0 aromatic carbocycles. The van der Waals surface area contributed by atoms with E-state index in [0.717, 1.165) is 116 Å². The minimum Gasteiger partial charge on any atom is -0.462 e. The molecule has 6 nitrogen and oxygen atoms in total. The number of carbonyl (C=O) groups excluding carboxylic acids is 3. The van der Waals surface area contributed by atoms with Crippen LogP contribution in [0.4, 0.5) is 0 Å². The van der Waals surface area contributed by atoms with Gasteiger partial charge in [-0.15, -0.1) is 0 Å². The van der Waals surface area contributed by atoms with E-state index in [1.165, 1.54) is 180 Å². The van der Waals surface area contributed by atoms with Crippen molar-refractivity contribution in [1.29, 1.82) is 0 Å². The molecule has 0 aliphatic carbocycles. The second-order valence-corrected chi connectivity index (χ2v) is 23.1. The summed E-state index contributed by atoms with van der Waals surface area (Å²) < 4.78 is 17.0. The van der Waals surface area contributed by atoms with Crippen LogP contribution >= 0.6 is 0 Å². The summed E-state index contributed by atoms with van der Waals surface area (Å²) >= 11 is 0. The van der Waals surface area contributed by atoms with Gasteiger partial charge in [0.25, 0.3) is 0 Å². The molecule has 0 saturated heterocycles. The van der Waals surface area contributed by atoms with Crippen molar-refractivity contribution in [3.05, 3.63) is 109 Å². The van der Waals surface area contributed by atoms with E-state index in [2.05, 4.69) is 130 Å². The molecule has 6 heteroatoms. The lowest BCUT2D eigenvalue weighted by Gasteiger charge is -2.18. The molecule has 1 unspecified atom stereocenters. The Labute approximate surface area is 508 Å². The van der Waals surface area contributed by atoms with E-state index in [1.807, 2.05) is 0 Å². The van der Waals surface area contributed by atoms with Gasteiger partial charge < -0.3 is 14.2 Å². The lowest BCUT2D eigenvalue weighted by molar-refractivity contribution is -0.167. The summed E-state index contributed by atoms with van der Waals surface area (Å²) in [5.74, 6) is -0.891. The molecular weight excluding hydrogens is 1010 g/mol. The Morgan fingerprint density at radius 3 is 0.768 bits per heavy atom. The van der Waals surface area contributed by atoms with Crippen LogP contribution in [-0.2, 0) is 28.6 Å². The Bertz CT molecular complexity index is 1640. The summed E-state index contributed by atoms with van der Waals surface area (Å²) in [7, 11) is 0.